The van der Waals surface area contributed by atoms with Gasteiger partial charge in [0.1, 0.15) is 5.58 Å². The number of hydrogen-bond acceptors (Lipinski definition) is 2. The van der Waals surface area contributed by atoms with E-state index in [0.29, 0.717) is 10.9 Å². The van der Waals surface area contributed by atoms with Crippen molar-refractivity contribution in [2.24, 2.45) is 0 Å². The van der Waals surface area contributed by atoms with E-state index in [1.165, 1.54) is 6.07 Å². The molecule has 0 atom stereocenters. The van der Waals surface area contributed by atoms with Crippen LogP contribution < -0.4 is 5.63 Å². The van der Waals surface area contributed by atoms with Crippen LogP contribution in [0.4, 0.5) is 0 Å². The first-order valence-electron chi connectivity index (χ1n) is 3.99. The quantitative estimate of drug-likeness (QED) is 0.595. The Morgan fingerprint density at radius 3 is 2.79 bits per heavy atom. The Morgan fingerprint density at radius 1 is 1.29 bits per heavy atom. The fraction of sp³-hybridized carbons (Fsp3) is 0.100. The molecule has 2 nitrogen and oxygen atoms in total. The third kappa shape index (κ3) is 1.77. The van der Waals surface area contributed by atoms with Gasteiger partial charge in [-0.25, -0.2) is 4.79 Å². The summed E-state index contributed by atoms with van der Waals surface area (Å²) in [7, 11) is 0. The number of halogens is 2. The molecule has 0 unspecified atom stereocenters. The van der Waals surface area contributed by atoms with Gasteiger partial charge in [0.15, 0.2) is 0 Å². The minimum Gasteiger partial charge on any atom is -0.423 e. The van der Waals surface area contributed by atoms with Gasteiger partial charge in [0, 0.05) is 21.3 Å². The average Bonchev–Trinajstić information content (AvgIpc) is 2.15. The fourth-order valence-corrected chi connectivity index (χ4v) is 2.12. The minimum atomic E-state index is -0.315. The Balaban J connectivity index is 2.87. The highest BCUT2D eigenvalue weighted by atomic mass is 79.9. The first-order chi connectivity index (χ1) is 6.70. The predicted octanol–water partition coefficient (Wildman–Crippen LogP) is 3.45. The zero-order valence-electron chi connectivity index (χ0n) is 7.09. The molecule has 0 aliphatic rings. The van der Waals surface area contributed by atoms with Gasteiger partial charge in [0.05, 0.1) is 0 Å². The molecule has 2 rings (SSSR count). The van der Waals surface area contributed by atoms with E-state index in [1.54, 1.807) is 6.07 Å². The van der Waals surface area contributed by atoms with Crippen molar-refractivity contribution in [2.45, 2.75) is 5.33 Å². The van der Waals surface area contributed by atoms with E-state index in [1.807, 2.05) is 12.1 Å². The summed E-state index contributed by atoms with van der Waals surface area (Å²) in [5.41, 5.74) is 1.25. The summed E-state index contributed by atoms with van der Waals surface area (Å²) in [5.74, 6) is 0. The molecule has 0 aliphatic heterocycles. The second kappa shape index (κ2) is 3.87. The van der Waals surface area contributed by atoms with Crippen LogP contribution in [0.25, 0.3) is 11.0 Å². The molecule has 0 fully saturated rings. The monoisotopic (exact) mass is 316 g/mol. The van der Waals surface area contributed by atoms with Crippen LogP contribution in [0.1, 0.15) is 5.56 Å². The molecule has 1 aromatic carbocycles. The van der Waals surface area contributed by atoms with Crippen molar-refractivity contribution in [3.63, 3.8) is 0 Å². The van der Waals surface area contributed by atoms with Gasteiger partial charge in [-0.05, 0) is 23.8 Å². The average molecular weight is 318 g/mol. The third-order valence-electron chi connectivity index (χ3n) is 1.94. The van der Waals surface area contributed by atoms with Crippen molar-refractivity contribution in [2.75, 3.05) is 0 Å². The van der Waals surface area contributed by atoms with Gasteiger partial charge in [-0.3, -0.25) is 0 Å². The molecule has 0 saturated heterocycles. The molecule has 0 N–H and O–H groups in total. The highest BCUT2D eigenvalue weighted by molar-refractivity contribution is 9.10. The molecule has 72 valence electrons. The van der Waals surface area contributed by atoms with Gasteiger partial charge in [0.2, 0.25) is 0 Å². The lowest BCUT2D eigenvalue weighted by atomic mass is 10.1. The maximum absolute atomic E-state index is 11.2. The van der Waals surface area contributed by atoms with Gasteiger partial charge in [-0.15, -0.1) is 0 Å². The van der Waals surface area contributed by atoms with Gasteiger partial charge in [-0.2, -0.15) is 0 Å². The fourth-order valence-electron chi connectivity index (χ4n) is 1.31. The Labute approximate surface area is 97.2 Å². The smallest absolute Gasteiger partial charge is 0.336 e. The highest BCUT2D eigenvalue weighted by Crippen LogP contribution is 2.22. The molecule has 1 aromatic heterocycles. The van der Waals surface area contributed by atoms with Crippen LogP contribution in [0.15, 0.2) is 37.9 Å². The SMILES string of the molecule is O=c1cc(CBr)c2ccc(Br)cc2o1. The van der Waals surface area contributed by atoms with Crippen molar-refractivity contribution >= 4 is 42.8 Å². The lowest BCUT2D eigenvalue weighted by molar-refractivity contribution is 0.559. The van der Waals surface area contributed by atoms with Crippen molar-refractivity contribution in [3.8, 4) is 0 Å². The normalized spacial score (nSPS) is 10.7. The molecule has 0 spiro atoms. The molecule has 14 heavy (non-hydrogen) atoms. The van der Waals surface area contributed by atoms with E-state index in [9.17, 15) is 4.79 Å². The number of fused-ring (bicyclic) bond motifs is 1. The van der Waals surface area contributed by atoms with Crippen LogP contribution in [0.3, 0.4) is 0 Å². The molecular weight excluding hydrogens is 312 g/mol. The number of benzene rings is 1. The Morgan fingerprint density at radius 2 is 2.07 bits per heavy atom. The van der Waals surface area contributed by atoms with E-state index in [2.05, 4.69) is 31.9 Å². The van der Waals surface area contributed by atoms with E-state index in [0.717, 1.165) is 15.4 Å². The summed E-state index contributed by atoms with van der Waals surface area (Å²) in [5, 5.41) is 1.61. The Bertz CT molecular complexity index is 531. The predicted molar refractivity (Wildman–Crippen MR) is 62.8 cm³/mol. The van der Waals surface area contributed by atoms with Crippen LogP contribution in [-0.2, 0) is 5.33 Å². The highest BCUT2D eigenvalue weighted by Gasteiger charge is 2.04. The lowest BCUT2D eigenvalue weighted by Crippen LogP contribution is -1.98. The molecule has 2 aromatic rings. The van der Waals surface area contributed by atoms with Crippen LogP contribution in [-0.4, -0.2) is 0 Å². The molecule has 0 bridgehead atoms. The summed E-state index contributed by atoms with van der Waals surface area (Å²) in [6.45, 7) is 0. The number of hydrogen-bond donors (Lipinski definition) is 0. The van der Waals surface area contributed by atoms with Crippen molar-refractivity contribution in [1.82, 2.24) is 0 Å². The summed E-state index contributed by atoms with van der Waals surface area (Å²) >= 11 is 6.67. The van der Waals surface area contributed by atoms with Gasteiger partial charge >= 0.3 is 5.63 Å². The minimum absolute atomic E-state index is 0.315. The standard InChI is InChI=1S/C10H6Br2O2/c11-5-6-3-10(13)14-9-4-7(12)1-2-8(6)9/h1-4H,5H2. The van der Waals surface area contributed by atoms with Crippen molar-refractivity contribution < 1.29 is 4.42 Å². The summed E-state index contributed by atoms with van der Waals surface area (Å²) < 4.78 is 5.98. The maximum atomic E-state index is 11.2. The molecule has 4 heteroatoms. The number of rotatable bonds is 1. The second-order valence-electron chi connectivity index (χ2n) is 2.86. The topological polar surface area (TPSA) is 30.2 Å². The summed E-state index contributed by atoms with van der Waals surface area (Å²) in [6, 6.07) is 7.15. The molecule has 0 aliphatic carbocycles. The lowest BCUT2D eigenvalue weighted by Gasteiger charge is -2.01. The van der Waals surface area contributed by atoms with Gasteiger partial charge in [0.25, 0.3) is 0 Å². The Hall–Kier alpha value is -0.610. The van der Waals surface area contributed by atoms with Crippen molar-refractivity contribution in [3.05, 3.63) is 44.7 Å². The van der Waals surface area contributed by atoms with Crippen molar-refractivity contribution in [1.29, 1.82) is 0 Å². The summed E-state index contributed by atoms with van der Waals surface area (Å²) in [6.07, 6.45) is 0. The second-order valence-corrected chi connectivity index (χ2v) is 4.34. The third-order valence-corrected chi connectivity index (χ3v) is 3.03. The van der Waals surface area contributed by atoms with Gasteiger partial charge in [-0.1, -0.05) is 31.9 Å². The maximum Gasteiger partial charge on any atom is 0.336 e. The van der Waals surface area contributed by atoms with Crippen LogP contribution in [0.2, 0.25) is 0 Å². The van der Waals surface area contributed by atoms with E-state index >= 15 is 0 Å². The molecule has 1 heterocycles. The number of alkyl halides is 1. The molecule has 0 amide bonds. The zero-order chi connectivity index (χ0) is 10.1. The van der Waals surface area contributed by atoms with E-state index in [4.69, 9.17) is 4.42 Å². The molecule has 0 saturated carbocycles. The summed E-state index contributed by atoms with van der Waals surface area (Å²) in [4.78, 5) is 11.2. The largest absolute Gasteiger partial charge is 0.423 e. The zero-order valence-corrected chi connectivity index (χ0v) is 10.3. The first-order valence-corrected chi connectivity index (χ1v) is 5.90. The van der Waals surface area contributed by atoms with E-state index in [-0.39, 0.29) is 5.63 Å². The van der Waals surface area contributed by atoms with E-state index < -0.39 is 0 Å². The molecular formula is C10H6Br2O2. The van der Waals surface area contributed by atoms with Crippen LogP contribution >= 0.6 is 31.9 Å². The van der Waals surface area contributed by atoms with Crippen LogP contribution in [0, 0.1) is 0 Å². The Kier molecular flexibility index (Phi) is 2.74. The molecule has 0 radical (unpaired) electrons. The van der Waals surface area contributed by atoms with Crippen LogP contribution in [0.5, 0.6) is 0 Å². The first kappa shape index (κ1) is 9.93. The van der Waals surface area contributed by atoms with Gasteiger partial charge < -0.3 is 4.42 Å².